The van der Waals surface area contributed by atoms with Crippen molar-refractivity contribution in [3.05, 3.63) is 23.8 Å². The number of carbonyl (C=O) groups excluding carboxylic acids is 5. The highest BCUT2D eigenvalue weighted by atomic mass is 16.6. The standard InChI is InChI=1S/C33H56N4O7/c1-11-43-28(38)15-14-25(17-21(2)3)34-30(40)26(18-22(4)5)36-31(41)27(19-23(6)7)35-29(39)24-13-12-16-37(20-24)32(42)44-33(8,9)10/h13-15,21-23,25-27H,11-12,16-20H2,1-10H3,(H,34,40)(H,35,39)(H,36,41)/b15-14+/t25-,26+,27+/m1/s1. The van der Waals surface area contributed by atoms with Crippen molar-refractivity contribution in [1.82, 2.24) is 20.9 Å². The van der Waals surface area contributed by atoms with E-state index in [1.165, 1.54) is 11.0 Å². The van der Waals surface area contributed by atoms with Crippen LogP contribution in [0.2, 0.25) is 0 Å². The third-order valence-electron chi connectivity index (χ3n) is 6.57. The Morgan fingerprint density at radius 2 is 1.41 bits per heavy atom. The molecule has 1 aliphatic rings. The molecular weight excluding hydrogens is 564 g/mol. The predicted octanol–water partition coefficient (Wildman–Crippen LogP) is 4.27. The lowest BCUT2D eigenvalue weighted by molar-refractivity contribution is -0.137. The van der Waals surface area contributed by atoms with Crippen LogP contribution in [0.3, 0.4) is 0 Å². The van der Waals surface area contributed by atoms with Crippen molar-refractivity contribution < 1.29 is 33.4 Å². The van der Waals surface area contributed by atoms with Crippen LogP contribution in [0, 0.1) is 17.8 Å². The number of amides is 4. The first kappa shape index (κ1) is 38.7. The van der Waals surface area contributed by atoms with E-state index in [4.69, 9.17) is 9.47 Å². The fraction of sp³-hybridized carbons (Fsp3) is 0.727. The zero-order valence-corrected chi connectivity index (χ0v) is 28.5. The van der Waals surface area contributed by atoms with Crippen LogP contribution in [0.15, 0.2) is 23.8 Å². The Kier molecular flexibility index (Phi) is 16.2. The summed E-state index contributed by atoms with van der Waals surface area (Å²) < 4.78 is 10.4. The lowest BCUT2D eigenvalue weighted by Crippen LogP contribution is -2.56. The molecule has 0 unspecified atom stereocenters. The smallest absolute Gasteiger partial charge is 0.410 e. The summed E-state index contributed by atoms with van der Waals surface area (Å²) in [6.07, 6.45) is 6.01. The first-order valence-corrected chi connectivity index (χ1v) is 15.8. The van der Waals surface area contributed by atoms with Gasteiger partial charge in [-0.1, -0.05) is 53.7 Å². The Morgan fingerprint density at radius 1 is 0.864 bits per heavy atom. The van der Waals surface area contributed by atoms with Gasteiger partial charge in [0.25, 0.3) is 0 Å². The van der Waals surface area contributed by atoms with Gasteiger partial charge >= 0.3 is 12.1 Å². The summed E-state index contributed by atoms with van der Waals surface area (Å²) in [5.41, 5.74) is -0.281. The minimum atomic E-state index is -0.891. The summed E-state index contributed by atoms with van der Waals surface area (Å²) in [6, 6.07) is -2.18. The van der Waals surface area contributed by atoms with Crippen molar-refractivity contribution in [2.75, 3.05) is 19.7 Å². The molecule has 0 aromatic rings. The third-order valence-corrected chi connectivity index (χ3v) is 6.57. The molecule has 4 amide bonds. The van der Waals surface area contributed by atoms with Gasteiger partial charge in [-0.25, -0.2) is 9.59 Å². The largest absolute Gasteiger partial charge is 0.463 e. The molecule has 0 aliphatic carbocycles. The number of ether oxygens (including phenoxy) is 2. The van der Waals surface area contributed by atoms with E-state index in [2.05, 4.69) is 16.0 Å². The van der Waals surface area contributed by atoms with Crippen LogP contribution in [0.5, 0.6) is 0 Å². The van der Waals surface area contributed by atoms with Crippen molar-refractivity contribution in [1.29, 1.82) is 0 Å². The average Bonchev–Trinajstić information content (AvgIpc) is 2.89. The first-order chi connectivity index (χ1) is 20.4. The molecular formula is C33H56N4O7. The summed E-state index contributed by atoms with van der Waals surface area (Å²) in [4.78, 5) is 66.3. The Balaban J connectivity index is 3.06. The van der Waals surface area contributed by atoms with Crippen LogP contribution in [-0.4, -0.2) is 78.1 Å². The molecule has 1 rings (SSSR count). The second kappa shape index (κ2) is 18.4. The number of nitrogens with one attached hydrogen (secondary N) is 3. The maximum Gasteiger partial charge on any atom is 0.410 e. The molecule has 0 aromatic carbocycles. The van der Waals surface area contributed by atoms with E-state index in [9.17, 15) is 24.0 Å². The Bertz CT molecular complexity index is 1040. The number of rotatable bonds is 15. The van der Waals surface area contributed by atoms with Crippen molar-refractivity contribution in [3.8, 4) is 0 Å². The number of carbonyl (C=O) groups is 5. The molecule has 3 atom stereocenters. The van der Waals surface area contributed by atoms with Gasteiger partial charge in [-0.3, -0.25) is 14.4 Å². The maximum absolute atomic E-state index is 13.6. The SMILES string of the molecule is CCOC(=O)/C=C/[C@H](CC(C)C)NC(=O)[C@H](CC(C)C)NC(=O)[C@H](CC(C)C)NC(=O)C1=CCCN(C(=O)OC(C)(C)C)C1. The fourth-order valence-corrected chi connectivity index (χ4v) is 4.68. The van der Waals surface area contributed by atoms with Gasteiger partial charge in [-0.2, -0.15) is 0 Å². The van der Waals surface area contributed by atoms with E-state index in [0.29, 0.717) is 37.8 Å². The topological polar surface area (TPSA) is 143 Å². The van der Waals surface area contributed by atoms with Crippen molar-refractivity contribution in [3.63, 3.8) is 0 Å². The molecule has 0 saturated carbocycles. The highest BCUT2D eigenvalue weighted by molar-refractivity contribution is 5.98. The number of esters is 1. The number of hydrogen-bond acceptors (Lipinski definition) is 7. The molecule has 11 nitrogen and oxygen atoms in total. The molecule has 0 spiro atoms. The van der Waals surface area contributed by atoms with Gasteiger partial charge in [-0.05, 0) is 71.1 Å². The summed E-state index contributed by atoms with van der Waals surface area (Å²) in [5, 5.41) is 8.68. The summed E-state index contributed by atoms with van der Waals surface area (Å²) in [7, 11) is 0. The van der Waals surface area contributed by atoms with Crippen molar-refractivity contribution in [2.45, 2.75) is 119 Å². The lowest BCUT2D eigenvalue weighted by atomic mass is 9.98. The molecule has 0 aromatic heterocycles. The van der Waals surface area contributed by atoms with Crippen LogP contribution in [0.4, 0.5) is 4.79 Å². The zero-order valence-electron chi connectivity index (χ0n) is 28.5. The third kappa shape index (κ3) is 15.4. The molecule has 1 heterocycles. The molecule has 44 heavy (non-hydrogen) atoms. The average molecular weight is 621 g/mol. The van der Waals surface area contributed by atoms with Gasteiger partial charge in [0.1, 0.15) is 17.7 Å². The van der Waals surface area contributed by atoms with Crippen LogP contribution >= 0.6 is 0 Å². The van der Waals surface area contributed by atoms with Gasteiger partial charge in [0.05, 0.1) is 13.2 Å². The van der Waals surface area contributed by atoms with Crippen molar-refractivity contribution >= 4 is 29.8 Å². The number of hydrogen-bond donors (Lipinski definition) is 3. The predicted molar refractivity (Wildman–Crippen MR) is 170 cm³/mol. The maximum atomic E-state index is 13.6. The van der Waals surface area contributed by atoms with E-state index >= 15 is 0 Å². The summed E-state index contributed by atoms with van der Waals surface area (Å²) in [5.74, 6) is -1.36. The van der Waals surface area contributed by atoms with Gasteiger partial charge < -0.3 is 30.3 Å². The van der Waals surface area contributed by atoms with E-state index in [1.807, 2.05) is 41.5 Å². The van der Waals surface area contributed by atoms with Crippen LogP contribution < -0.4 is 16.0 Å². The van der Waals surface area contributed by atoms with Crippen molar-refractivity contribution in [2.24, 2.45) is 17.8 Å². The second-order valence-electron chi connectivity index (χ2n) is 13.6. The summed E-state index contributed by atoms with van der Waals surface area (Å²) in [6.45, 7) is 19.7. The molecule has 0 bridgehead atoms. The molecule has 0 radical (unpaired) electrons. The molecule has 1 aliphatic heterocycles. The van der Waals surface area contributed by atoms with Crippen LogP contribution in [-0.2, 0) is 28.7 Å². The van der Waals surface area contributed by atoms with Gasteiger partial charge in [0, 0.05) is 24.2 Å². The van der Waals surface area contributed by atoms with E-state index < -0.39 is 47.6 Å². The van der Waals surface area contributed by atoms with Crippen LogP contribution in [0.1, 0.15) is 94.9 Å². The second-order valence-corrected chi connectivity index (χ2v) is 13.6. The number of nitrogens with zero attached hydrogens (tertiary/aromatic N) is 1. The van der Waals surface area contributed by atoms with E-state index in [0.717, 1.165) is 0 Å². The molecule has 250 valence electrons. The highest BCUT2D eigenvalue weighted by Crippen LogP contribution is 2.17. The van der Waals surface area contributed by atoms with Gasteiger partial charge in [-0.15, -0.1) is 0 Å². The van der Waals surface area contributed by atoms with E-state index in [-0.39, 0.29) is 36.8 Å². The summed E-state index contributed by atoms with van der Waals surface area (Å²) >= 11 is 0. The van der Waals surface area contributed by atoms with E-state index in [1.54, 1.807) is 39.8 Å². The highest BCUT2D eigenvalue weighted by Gasteiger charge is 2.31. The molecule has 0 fully saturated rings. The Labute approximate surface area is 263 Å². The monoisotopic (exact) mass is 620 g/mol. The minimum Gasteiger partial charge on any atom is -0.463 e. The fourth-order valence-electron chi connectivity index (χ4n) is 4.68. The van der Waals surface area contributed by atoms with Crippen LogP contribution in [0.25, 0.3) is 0 Å². The normalized spacial score (nSPS) is 15.9. The molecule has 0 saturated heterocycles. The zero-order chi connectivity index (χ0) is 33.6. The molecule has 11 heteroatoms. The first-order valence-electron chi connectivity index (χ1n) is 15.8. The Morgan fingerprint density at radius 3 is 1.93 bits per heavy atom. The quantitative estimate of drug-likeness (QED) is 0.183. The molecule has 3 N–H and O–H groups in total. The lowest BCUT2D eigenvalue weighted by Gasteiger charge is -2.30. The van der Waals surface area contributed by atoms with Gasteiger partial charge in [0.2, 0.25) is 17.7 Å². The minimum absolute atomic E-state index is 0.0745. The van der Waals surface area contributed by atoms with Gasteiger partial charge in [0.15, 0.2) is 0 Å². The Hall–Kier alpha value is -3.37.